The summed E-state index contributed by atoms with van der Waals surface area (Å²) >= 11 is 0. The summed E-state index contributed by atoms with van der Waals surface area (Å²) in [4.78, 5) is 8.37. The van der Waals surface area contributed by atoms with Gasteiger partial charge in [0.15, 0.2) is 20.0 Å². The first-order valence-corrected chi connectivity index (χ1v) is 20.7. The molecule has 12 heteroatoms. The van der Waals surface area contributed by atoms with Gasteiger partial charge in [0.25, 0.3) is 0 Å². The zero-order valence-corrected chi connectivity index (χ0v) is 30.1. The Balaban J connectivity index is 0.999. The Bertz CT molecular complexity index is 1400. The van der Waals surface area contributed by atoms with Crippen LogP contribution in [0, 0.1) is 34.9 Å². The minimum Gasteiger partial charge on any atom is -0.414 e. The number of anilines is 2. The van der Waals surface area contributed by atoms with Gasteiger partial charge in [0.05, 0.1) is 6.20 Å². The number of para-hydroxylation sites is 1. The molecule has 7 rings (SSSR count). The first kappa shape index (κ1) is 35.4. The molecule has 5 aliphatic rings. The number of alkyl halides is 3. The molecule has 1 heterocycles. The molecule has 5 atom stereocenters. The minimum atomic E-state index is -4.80. The number of ether oxygens (including phenoxy) is 1. The van der Waals surface area contributed by atoms with Gasteiger partial charge >= 0.3 is 6.36 Å². The lowest BCUT2D eigenvalue weighted by Gasteiger charge is -2.60. The van der Waals surface area contributed by atoms with Crippen LogP contribution in [0.4, 0.5) is 29.3 Å². The van der Waals surface area contributed by atoms with Gasteiger partial charge in [-0.3, -0.25) is 0 Å². The molecule has 48 heavy (non-hydrogen) atoms. The van der Waals surface area contributed by atoms with Crippen LogP contribution in [0.2, 0.25) is 18.1 Å². The van der Waals surface area contributed by atoms with Crippen molar-refractivity contribution in [1.82, 2.24) is 15.3 Å². The summed E-state index contributed by atoms with van der Waals surface area (Å²) in [6.45, 7) is 13.4. The number of nitrogens with one attached hydrogen (secondary N) is 3. The molecular formula is C36H53F4N5O2Si. The highest BCUT2D eigenvalue weighted by molar-refractivity contribution is 6.74. The number of hydrogen-bond donors (Lipinski definition) is 3. The van der Waals surface area contributed by atoms with E-state index < -0.39 is 20.5 Å². The van der Waals surface area contributed by atoms with E-state index in [0.29, 0.717) is 36.4 Å². The first-order chi connectivity index (χ1) is 22.6. The van der Waals surface area contributed by atoms with Crippen LogP contribution in [0.5, 0.6) is 5.75 Å². The highest BCUT2D eigenvalue weighted by atomic mass is 28.4. The van der Waals surface area contributed by atoms with Gasteiger partial charge in [-0.15, -0.1) is 13.2 Å². The molecule has 2 aromatic rings. The van der Waals surface area contributed by atoms with Crippen LogP contribution in [-0.2, 0) is 11.0 Å². The predicted octanol–water partition coefficient (Wildman–Crippen LogP) is 8.90. The third-order valence-corrected chi connectivity index (χ3v) is 16.6. The molecule has 0 aliphatic heterocycles. The number of nitrogens with zero attached hydrogens (tertiary/aromatic N) is 2. The summed E-state index contributed by atoms with van der Waals surface area (Å²) in [5, 5.41) is 10.5. The minimum absolute atomic E-state index is 0.00710. The Hall–Kier alpha value is -2.44. The average molecular weight is 692 g/mol. The number of hydrogen-bond acceptors (Lipinski definition) is 7. The summed E-state index contributed by atoms with van der Waals surface area (Å²) in [6, 6.07) is 6.45. The molecule has 0 amide bonds. The van der Waals surface area contributed by atoms with E-state index in [1.54, 1.807) is 6.07 Å². The predicted molar refractivity (Wildman–Crippen MR) is 183 cm³/mol. The van der Waals surface area contributed by atoms with Crippen molar-refractivity contribution in [3.05, 3.63) is 41.8 Å². The fourth-order valence-corrected chi connectivity index (χ4v) is 10.4. The standard InChI is InChI=1S/C36H53F4N5O2Si/c1-34(2,3)48(4,5)47-28-12-10-23(11-13-28)19-41-31-26-14-24-15-27(31)18-35(16-24,17-26)22-44-32-29(37)21-43-33(45-32)42-20-25-8-6-7-9-30(25)46-36(38,39)40/h6-9,21,23-24,26-28,31,41H,10-20,22H2,1-5H3,(H2,42,43,44,45)/t23-,24?,26-,27+,28-,31-,35-. The quantitative estimate of drug-likeness (QED) is 0.152. The summed E-state index contributed by atoms with van der Waals surface area (Å²) in [5.41, 5.74) is 0.407. The summed E-state index contributed by atoms with van der Waals surface area (Å²) < 4.78 is 64.2. The molecule has 5 fully saturated rings. The summed E-state index contributed by atoms with van der Waals surface area (Å²) in [6.07, 6.45) is 7.50. The maximum atomic E-state index is 14.9. The molecular weight excluding hydrogens is 639 g/mol. The molecule has 1 aromatic carbocycles. The smallest absolute Gasteiger partial charge is 0.414 e. The number of halogens is 4. The second kappa shape index (κ2) is 13.7. The van der Waals surface area contributed by atoms with Crippen LogP contribution in [0.25, 0.3) is 0 Å². The summed E-state index contributed by atoms with van der Waals surface area (Å²) in [5.74, 6) is 2.12. The van der Waals surface area contributed by atoms with E-state index in [4.69, 9.17) is 4.43 Å². The molecule has 0 spiro atoms. The van der Waals surface area contributed by atoms with Gasteiger partial charge in [0.2, 0.25) is 5.95 Å². The second-order valence-electron chi connectivity index (χ2n) is 16.7. The lowest BCUT2D eigenvalue weighted by Crippen LogP contribution is -2.60. The molecule has 0 radical (unpaired) electrons. The van der Waals surface area contributed by atoms with E-state index in [9.17, 15) is 17.6 Å². The topological polar surface area (TPSA) is 80.3 Å². The molecule has 1 unspecified atom stereocenters. The van der Waals surface area contributed by atoms with Gasteiger partial charge in [0, 0.05) is 30.8 Å². The van der Waals surface area contributed by atoms with Crippen molar-refractivity contribution in [2.75, 3.05) is 23.7 Å². The molecule has 5 aliphatic carbocycles. The Morgan fingerprint density at radius 1 is 0.958 bits per heavy atom. The van der Waals surface area contributed by atoms with Crippen LogP contribution < -0.4 is 20.7 Å². The van der Waals surface area contributed by atoms with Crippen LogP contribution in [0.1, 0.15) is 84.1 Å². The third-order valence-electron chi connectivity index (χ3n) is 12.1. The summed E-state index contributed by atoms with van der Waals surface area (Å²) in [7, 11) is -1.73. The molecule has 266 valence electrons. The van der Waals surface area contributed by atoms with E-state index in [-0.39, 0.29) is 40.1 Å². The monoisotopic (exact) mass is 691 g/mol. The van der Waals surface area contributed by atoms with Crippen molar-refractivity contribution < 1.29 is 26.7 Å². The van der Waals surface area contributed by atoms with Crippen molar-refractivity contribution in [3.63, 3.8) is 0 Å². The van der Waals surface area contributed by atoms with Crippen molar-refractivity contribution in [1.29, 1.82) is 0 Å². The SMILES string of the molecule is CC(C)(C)[Si](C)(C)O[C@H]1CC[C@H](CN[C@@H]2[C@@H]3CC4C[C@H]2C[C@@](CNc2nc(NCc5ccccc5OC(F)(F)F)ncc2F)(C4)C3)CC1. The van der Waals surface area contributed by atoms with Crippen molar-refractivity contribution in [2.24, 2.45) is 29.1 Å². The average Bonchev–Trinajstić information content (AvgIpc) is 2.99. The Labute approximate surface area is 283 Å². The van der Waals surface area contributed by atoms with Crippen LogP contribution >= 0.6 is 0 Å². The second-order valence-corrected chi connectivity index (χ2v) is 21.4. The van der Waals surface area contributed by atoms with Gasteiger partial charge in [-0.05, 0) is 118 Å². The van der Waals surface area contributed by atoms with Crippen molar-refractivity contribution in [3.8, 4) is 5.75 Å². The van der Waals surface area contributed by atoms with Crippen LogP contribution in [-0.4, -0.2) is 49.9 Å². The molecule has 4 bridgehead atoms. The zero-order chi connectivity index (χ0) is 34.3. The van der Waals surface area contributed by atoms with Crippen molar-refractivity contribution >= 4 is 20.1 Å². The van der Waals surface area contributed by atoms with E-state index in [0.717, 1.165) is 37.9 Å². The van der Waals surface area contributed by atoms with E-state index in [1.165, 1.54) is 56.7 Å². The highest BCUT2D eigenvalue weighted by Crippen LogP contribution is 2.60. The van der Waals surface area contributed by atoms with E-state index >= 15 is 0 Å². The highest BCUT2D eigenvalue weighted by Gasteiger charge is 2.55. The molecule has 0 saturated heterocycles. The zero-order valence-electron chi connectivity index (χ0n) is 29.1. The Morgan fingerprint density at radius 3 is 2.31 bits per heavy atom. The molecule has 3 N–H and O–H groups in total. The number of benzene rings is 1. The molecule has 5 saturated carbocycles. The van der Waals surface area contributed by atoms with Gasteiger partial charge in [0.1, 0.15) is 5.75 Å². The van der Waals surface area contributed by atoms with E-state index in [2.05, 4.69) is 64.5 Å². The fraction of sp³-hybridized carbons (Fsp3) is 0.722. The normalized spacial score (nSPS) is 30.4. The Kier molecular flexibility index (Phi) is 10.1. The lowest BCUT2D eigenvalue weighted by molar-refractivity contribution is -0.274. The number of rotatable bonds is 12. The van der Waals surface area contributed by atoms with Gasteiger partial charge in [-0.25, -0.2) is 9.37 Å². The fourth-order valence-electron chi connectivity index (χ4n) is 8.99. The van der Waals surface area contributed by atoms with Gasteiger partial charge < -0.3 is 25.1 Å². The first-order valence-electron chi connectivity index (χ1n) is 17.8. The maximum absolute atomic E-state index is 14.9. The lowest BCUT2D eigenvalue weighted by atomic mass is 9.48. The third kappa shape index (κ3) is 8.29. The number of aromatic nitrogens is 2. The van der Waals surface area contributed by atoms with Gasteiger partial charge in [-0.2, -0.15) is 4.98 Å². The maximum Gasteiger partial charge on any atom is 0.573 e. The van der Waals surface area contributed by atoms with Gasteiger partial charge in [-0.1, -0.05) is 39.0 Å². The molecule has 1 aromatic heterocycles. The van der Waals surface area contributed by atoms with Crippen LogP contribution in [0.15, 0.2) is 30.5 Å². The van der Waals surface area contributed by atoms with Crippen LogP contribution in [0.3, 0.4) is 0 Å². The molecule has 7 nitrogen and oxygen atoms in total. The Morgan fingerprint density at radius 2 is 1.65 bits per heavy atom. The van der Waals surface area contributed by atoms with Crippen molar-refractivity contribution in [2.45, 2.75) is 122 Å². The largest absolute Gasteiger partial charge is 0.573 e. The van der Waals surface area contributed by atoms with E-state index in [1.807, 2.05) is 0 Å².